The van der Waals surface area contributed by atoms with Gasteiger partial charge in [0.1, 0.15) is 17.5 Å². The van der Waals surface area contributed by atoms with Crippen LogP contribution in [0.4, 0.5) is 0 Å². The van der Waals surface area contributed by atoms with E-state index in [-0.39, 0.29) is 18.6 Å². The van der Waals surface area contributed by atoms with Crippen molar-refractivity contribution in [2.75, 3.05) is 20.3 Å². The third-order valence-electron chi connectivity index (χ3n) is 3.81. The third-order valence-corrected chi connectivity index (χ3v) is 3.81. The lowest BCUT2D eigenvalue weighted by Gasteiger charge is -2.21. The number of carbonyl (C=O) groups is 1. The molecule has 7 heteroatoms. The number of amides is 1. The largest absolute Gasteiger partial charge is 0.497 e. The van der Waals surface area contributed by atoms with Crippen molar-refractivity contribution in [1.82, 2.24) is 15.0 Å². The molecule has 0 N–H and O–H groups in total. The molecular weight excluding hydrogens is 298 g/mol. The summed E-state index contributed by atoms with van der Waals surface area (Å²) in [5, 5.41) is 3.80. The Kier molecular flexibility index (Phi) is 4.45. The second kappa shape index (κ2) is 6.68. The lowest BCUT2D eigenvalue weighted by Crippen LogP contribution is -2.34. The highest BCUT2D eigenvalue weighted by atomic mass is 16.5. The Hall–Kier alpha value is -2.57. The highest BCUT2D eigenvalue weighted by molar-refractivity contribution is 5.78. The molecular formula is C16H19N3O4. The molecule has 1 amide bonds. The monoisotopic (exact) mass is 317 g/mol. The third kappa shape index (κ3) is 3.44. The van der Waals surface area contributed by atoms with Crippen LogP contribution < -0.4 is 9.47 Å². The first-order valence-corrected chi connectivity index (χ1v) is 7.54. The minimum atomic E-state index is -0.155. The number of benzene rings is 1. The lowest BCUT2D eigenvalue weighted by atomic mass is 10.2. The van der Waals surface area contributed by atoms with Gasteiger partial charge >= 0.3 is 0 Å². The summed E-state index contributed by atoms with van der Waals surface area (Å²) in [4.78, 5) is 18.4. The van der Waals surface area contributed by atoms with Crippen LogP contribution in [0, 0.1) is 6.92 Å². The van der Waals surface area contributed by atoms with Crippen LogP contribution in [0.25, 0.3) is 0 Å². The number of rotatable bonds is 5. The summed E-state index contributed by atoms with van der Waals surface area (Å²) in [6, 6.07) is 7.02. The first-order chi connectivity index (χ1) is 11.2. The zero-order valence-corrected chi connectivity index (χ0v) is 13.2. The van der Waals surface area contributed by atoms with E-state index in [4.69, 9.17) is 14.0 Å². The van der Waals surface area contributed by atoms with Crippen LogP contribution in [0.2, 0.25) is 0 Å². The van der Waals surface area contributed by atoms with Gasteiger partial charge in [-0.15, -0.1) is 0 Å². The van der Waals surface area contributed by atoms with Crippen molar-refractivity contribution in [2.45, 2.75) is 25.8 Å². The number of likely N-dealkylation sites (tertiary alicyclic amines) is 1. The Morgan fingerprint density at radius 3 is 3.00 bits per heavy atom. The van der Waals surface area contributed by atoms with Crippen LogP contribution in [0.3, 0.4) is 0 Å². The maximum atomic E-state index is 12.4. The fraction of sp³-hybridized carbons (Fsp3) is 0.438. The highest BCUT2D eigenvalue weighted by Crippen LogP contribution is 2.31. The van der Waals surface area contributed by atoms with Gasteiger partial charge in [0.15, 0.2) is 12.4 Å². The van der Waals surface area contributed by atoms with E-state index in [1.165, 1.54) is 0 Å². The lowest BCUT2D eigenvalue weighted by molar-refractivity contribution is -0.134. The van der Waals surface area contributed by atoms with Crippen molar-refractivity contribution in [3.8, 4) is 11.5 Å². The molecule has 2 aromatic rings. The average molecular weight is 317 g/mol. The number of carbonyl (C=O) groups excluding carboxylic acids is 1. The van der Waals surface area contributed by atoms with Crippen LogP contribution in [-0.2, 0) is 4.79 Å². The number of aromatic nitrogens is 2. The second-order valence-corrected chi connectivity index (χ2v) is 5.39. The summed E-state index contributed by atoms with van der Waals surface area (Å²) in [6.07, 6.45) is 1.74. The molecule has 122 valence electrons. The molecule has 0 bridgehead atoms. The van der Waals surface area contributed by atoms with Crippen molar-refractivity contribution < 1.29 is 18.8 Å². The Labute approximate surface area is 134 Å². The van der Waals surface area contributed by atoms with Gasteiger partial charge in [-0.3, -0.25) is 4.79 Å². The molecule has 3 rings (SSSR count). The molecule has 2 heterocycles. The molecule has 1 aliphatic heterocycles. The van der Waals surface area contributed by atoms with Crippen LogP contribution in [-0.4, -0.2) is 41.2 Å². The molecule has 7 nitrogen and oxygen atoms in total. The molecule has 1 unspecified atom stereocenters. The smallest absolute Gasteiger partial charge is 0.261 e. The Morgan fingerprint density at radius 2 is 2.26 bits per heavy atom. The highest BCUT2D eigenvalue weighted by Gasteiger charge is 2.33. The van der Waals surface area contributed by atoms with Crippen molar-refractivity contribution in [3.05, 3.63) is 36.0 Å². The van der Waals surface area contributed by atoms with Gasteiger partial charge in [-0.05, 0) is 31.9 Å². The van der Waals surface area contributed by atoms with E-state index in [2.05, 4.69) is 10.1 Å². The van der Waals surface area contributed by atoms with Crippen molar-refractivity contribution in [1.29, 1.82) is 0 Å². The molecule has 1 aromatic heterocycles. The van der Waals surface area contributed by atoms with E-state index < -0.39 is 0 Å². The summed E-state index contributed by atoms with van der Waals surface area (Å²) >= 11 is 0. The predicted molar refractivity (Wildman–Crippen MR) is 81.2 cm³/mol. The zero-order chi connectivity index (χ0) is 16.2. The number of nitrogens with zero attached hydrogens (tertiary/aromatic N) is 3. The van der Waals surface area contributed by atoms with Crippen LogP contribution in [0.5, 0.6) is 11.5 Å². The average Bonchev–Trinajstić information content (AvgIpc) is 3.21. The Morgan fingerprint density at radius 1 is 1.43 bits per heavy atom. The number of ether oxygens (including phenoxy) is 2. The topological polar surface area (TPSA) is 77.7 Å². The molecule has 0 spiro atoms. The van der Waals surface area contributed by atoms with Crippen molar-refractivity contribution in [2.24, 2.45) is 0 Å². The molecule has 1 saturated heterocycles. The molecule has 1 aliphatic rings. The maximum Gasteiger partial charge on any atom is 0.261 e. The number of methoxy groups -OCH3 is 1. The van der Waals surface area contributed by atoms with Gasteiger partial charge in [-0.1, -0.05) is 11.2 Å². The van der Waals surface area contributed by atoms with Crippen molar-refractivity contribution in [3.63, 3.8) is 0 Å². The minimum absolute atomic E-state index is 0.0310. The van der Waals surface area contributed by atoms with Crippen LogP contribution in [0.15, 0.2) is 28.8 Å². The van der Waals surface area contributed by atoms with Gasteiger partial charge in [0.05, 0.1) is 7.11 Å². The fourth-order valence-corrected chi connectivity index (χ4v) is 2.69. The summed E-state index contributed by atoms with van der Waals surface area (Å²) in [6.45, 7) is 2.41. The first-order valence-electron chi connectivity index (χ1n) is 7.54. The van der Waals surface area contributed by atoms with Crippen molar-refractivity contribution >= 4 is 5.91 Å². The van der Waals surface area contributed by atoms with E-state index in [9.17, 15) is 4.79 Å². The zero-order valence-electron chi connectivity index (χ0n) is 13.2. The SMILES string of the molecule is COc1cccc(OCC(=O)N2CCCC2c2nc(C)no2)c1. The predicted octanol–water partition coefficient (Wildman–Crippen LogP) is 2.13. The summed E-state index contributed by atoms with van der Waals surface area (Å²) in [7, 11) is 1.59. The Balaban J connectivity index is 1.63. The van der Waals surface area contributed by atoms with E-state index in [1.807, 2.05) is 12.1 Å². The molecule has 1 atom stereocenters. The second-order valence-electron chi connectivity index (χ2n) is 5.39. The molecule has 0 saturated carbocycles. The summed E-state index contributed by atoms with van der Waals surface area (Å²) in [5.74, 6) is 2.27. The van der Waals surface area contributed by atoms with Gasteiger partial charge in [-0.25, -0.2) is 0 Å². The number of aryl methyl sites for hydroxylation is 1. The molecule has 23 heavy (non-hydrogen) atoms. The van der Waals surface area contributed by atoms with E-state index in [0.717, 1.165) is 12.8 Å². The fourth-order valence-electron chi connectivity index (χ4n) is 2.69. The number of hydrogen-bond acceptors (Lipinski definition) is 6. The minimum Gasteiger partial charge on any atom is -0.497 e. The molecule has 1 aromatic carbocycles. The van der Waals surface area contributed by atoms with Gasteiger partial charge in [0.25, 0.3) is 5.91 Å². The summed E-state index contributed by atoms with van der Waals surface area (Å²) < 4.78 is 15.9. The van der Waals surface area contributed by atoms with Gasteiger partial charge < -0.3 is 18.9 Å². The summed E-state index contributed by atoms with van der Waals surface area (Å²) in [5.41, 5.74) is 0. The number of hydrogen-bond donors (Lipinski definition) is 0. The normalized spacial score (nSPS) is 17.3. The molecule has 0 radical (unpaired) electrons. The standard InChI is InChI=1S/C16H19N3O4/c1-11-17-16(23-18-11)14-7-4-8-19(14)15(20)10-22-13-6-3-5-12(9-13)21-2/h3,5-6,9,14H,4,7-8,10H2,1-2H3. The van der Waals surface area contributed by atoms with Gasteiger partial charge in [0, 0.05) is 12.6 Å². The quantitative estimate of drug-likeness (QED) is 0.840. The Bertz CT molecular complexity index is 685. The molecule has 1 fully saturated rings. The van der Waals surface area contributed by atoms with E-state index in [1.54, 1.807) is 31.1 Å². The van der Waals surface area contributed by atoms with E-state index in [0.29, 0.717) is 29.8 Å². The van der Waals surface area contributed by atoms with Gasteiger partial charge in [0.2, 0.25) is 5.89 Å². The first kappa shape index (κ1) is 15.3. The van der Waals surface area contributed by atoms with E-state index >= 15 is 0 Å². The maximum absolute atomic E-state index is 12.4. The van der Waals surface area contributed by atoms with Gasteiger partial charge in [-0.2, -0.15) is 4.98 Å². The van der Waals surface area contributed by atoms with Crippen LogP contribution >= 0.6 is 0 Å². The van der Waals surface area contributed by atoms with Crippen LogP contribution in [0.1, 0.15) is 30.6 Å². The molecule has 0 aliphatic carbocycles.